The Balaban J connectivity index is 2.05. The molecule has 0 radical (unpaired) electrons. The first kappa shape index (κ1) is 23.7. The number of carbonyl (C=O) groups is 3. The quantitative estimate of drug-likeness (QED) is 0.634. The molecule has 0 aliphatic carbocycles. The van der Waals surface area contributed by atoms with Crippen LogP contribution in [-0.2, 0) is 9.59 Å². The molecule has 0 saturated heterocycles. The molecule has 2 N–H and O–H groups in total. The first-order valence-corrected chi connectivity index (χ1v) is 10.1. The van der Waals surface area contributed by atoms with E-state index in [0.717, 1.165) is 0 Å². The highest BCUT2D eigenvalue weighted by Gasteiger charge is 2.27. The SMILES string of the molecule is Cc1cc(NC(=O)CN(C)C(=O)C(CC(C)C)NC(=O)c2ccc(Cl)cc2Cl)no1. The average molecular weight is 455 g/mol. The molecule has 0 aliphatic heterocycles. The van der Waals surface area contributed by atoms with Crippen LogP contribution in [0.25, 0.3) is 0 Å². The molecule has 30 heavy (non-hydrogen) atoms. The third kappa shape index (κ3) is 6.74. The molecule has 1 aromatic carbocycles. The molecular weight excluding hydrogens is 431 g/mol. The molecule has 8 nitrogen and oxygen atoms in total. The third-order valence-electron chi connectivity index (χ3n) is 4.14. The van der Waals surface area contributed by atoms with E-state index in [-0.39, 0.29) is 28.9 Å². The van der Waals surface area contributed by atoms with Crippen molar-refractivity contribution in [2.24, 2.45) is 5.92 Å². The van der Waals surface area contributed by atoms with Gasteiger partial charge in [-0.2, -0.15) is 0 Å². The number of nitrogens with zero attached hydrogens (tertiary/aromatic N) is 2. The van der Waals surface area contributed by atoms with Gasteiger partial charge in [-0.25, -0.2) is 0 Å². The zero-order valence-corrected chi connectivity index (χ0v) is 18.7. The van der Waals surface area contributed by atoms with Gasteiger partial charge in [-0.05, 0) is 37.5 Å². The fourth-order valence-corrected chi connectivity index (χ4v) is 3.26. The van der Waals surface area contributed by atoms with Gasteiger partial charge in [-0.3, -0.25) is 14.4 Å². The number of carbonyl (C=O) groups excluding carboxylic acids is 3. The van der Waals surface area contributed by atoms with Gasteiger partial charge in [0.2, 0.25) is 11.8 Å². The minimum Gasteiger partial charge on any atom is -0.360 e. The Kier molecular flexibility index (Phi) is 8.25. The highest BCUT2D eigenvalue weighted by Crippen LogP contribution is 2.21. The fraction of sp³-hybridized carbons (Fsp3) is 0.400. The lowest BCUT2D eigenvalue weighted by molar-refractivity contribution is -0.135. The molecule has 0 bridgehead atoms. The normalized spacial score (nSPS) is 11.8. The van der Waals surface area contributed by atoms with E-state index in [1.165, 1.54) is 24.1 Å². The lowest BCUT2D eigenvalue weighted by Gasteiger charge is -2.25. The lowest BCUT2D eigenvalue weighted by atomic mass is 10.0. The van der Waals surface area contributed by atoms with Crippen LogP contribution < -0.4 is 10.6 Å². The first-order chi connectivity index (χ1) is 14.1. The molecule has 0 saturated carbocycles. The molecule has 0 spiro atoms. The predicted molar refractivity (Wildman–Crippen MR) is 115 cm³/mol. The summed E-state index contributed by atoms with van der Waals surface area (Å²) in [6.07, 6.45) is 0.393. The molecule has 3 amide bonds. The summed E-state index contributed by atoms with van der Waals surface area (Å²) in [6, 6.07) is 5.24. The molecule has 10 heteroatoms. The Labute approximate surface area is 184 Å². The Morgan fingerprint density at radius 3 is 2.47 bits per heavy atom. The van der Waals surface area contributed by atoms with Gasteiger partial charge in [0.1, 0.15) is 11.8 Å². The van der Waals surface area contributed by atoms with Crippen molar-refractivity contribution in [3.05, 3.63) is 45.6 Å². The second-order valence-electron chi connectivity index (χ2n) is 7.35. The van der Waals surface area contributed by atoms with E-state index < -0.39 is 23.8 Å². The van der Waals surface area contributed by atoms with E-state index in [0.29, 0.717) is 17.2 Å². The van der Waals surface area contributed by atoms with Crippen LogP contribution in [0.15, 0.2) is 28.8 Å². The smallest absolute Gasteiger partial charge is 0.253 e. The minimum absolute atomic E-state index is 0.125. The van der Waals surface area contributed by atoms with Crippen LogP contribution in [-0.4, -0.2) is 47.4 Å². The fourth-order valence-electron chi connectivity index (χ4n) is 2.77. The van der Waals surface area contributed by atoms with E-state index in [2.05, 4.69) is 15.8 Å². The number of rotatable bonds is 8. The average Bonchev–Trinajstić information content (AvgIpc) is 3.04. The summed E-state index contributed by atoms with van der Waals surface area (Å²) >= 11 is 12.0. The number of benzene rings is 1. The summed E-state index contributed by atoms with van der Waals surface area (Å²) in [7, 11) is 1.49. The number of aromatic nitrogens is 1. The predicted octanol–water partition coefficient (Wildman–Crippen LogP) is 3.53. The van der Waals surface area contributed by atoms with Crippen molar-refractivity contribution in [2.45, 2.75) is 33.2 Å². The monoisotopic (exact) mass is 454 g/mol. The van der Waals surface area contributed by atoms with Crippen LogP contribution in [0.4, 0.5) is 5.82 Å². The lowest BCUT2D eigenvalue weighted by Crippen LogP contribution is -2.49. The molecule has 0 aliphatic rings. The van der Waals surface area contributed by atoms with Crippen LogP contribution in [0, 0.1) is 12.8 Å². The number of likely N-dealkylation sites (N-methyl/N-ethyl adjacent to an activating group) is 1. The standard InChI is InChI=1S/C20H24Cl2N4O4/c1-11(2)7-16(23-19(28)14-6-5-13(21)9-15(14)22)20(29)26(4)10-18(27)24-17-8-12(3)30-25-17/h5-6,8-9,11,16H,7,10H2,1-4H3,(H,23,28)(H,24,25,27). The van der Waals surface area contributed by atoms with Crippen molar-refractivity contribution >= 4 is 46.7 Å². The van der Waals surface area contributed by atoms with Gasteiger partial charge in [-0.15, -0.1) is 0 Å². The van der Waals surface area contributed by atoms with Crippen molar-refractivity contribution in [1.82, 2.24) is 15.4 Å². The zero-order chi connectivity index (χ0) is 22.4. The number of halogens is 2. The Bertz CT molecular complexity index is 929. The van der Waals surface area contributed by atoms with Crippen LogP contribution in [0.2, 0.25) is 10.0 Å². The van der Waals surface area contributed by atoms with Crippen LogP contribution in [0.1, 0.15) is 36.4 Å². The van der Waals surface area contributed by atoms with Crippen molar-refractivity contribution in [3.63, 3.8) is 0 Å². The second kappa shape index (κ2) is 10.4. The van der Waals surface area contributed by atoms with Gasteiger partial charge in [0, 0.05) is 18.1 Å². The maximum atomic E-state index is 12.9. The van der Waals surface area contributed by atoms with E-state index >= 15 is 0 Å². The van der Waals surface area contributed by atoms with Gasteiger partial charge in [0.15, 0.2) is 5.82 Å². The number of aryl methyl sites for hydroxylation is 1. The van der Waals surface area contributed by atoms with Crippen molar-refractivity contribution in [2.75, 3.05) is 18.9 Å². The Morgan fingerprint density at radius 1 is 1.20 bits per heavy atom. The highest BCUT2D eigenvalue weighted by atomic mass is 35.5. The van der Waals surface area contributed by atoms with Crippen LogP contribution in [0.3, 0.4) is 0 Å². The molecule has 1 aromatic heterocycles. The zero-order valence-electron chi connectivity index (χ0n) is 17.2. The van der Waals surface area contributed by atoms with Gasteiger partial charge in [0.05, 0.1) is 17.1 Å². The molecule has 1 heterocycles. The number of hydrogen-bond acceptors (Lipinski definition) is 5. The summed E-state index contributed by atoms with van der Waals surface area (Å²) in [5, 5.41) is 9.54. The van der Waals surface area contributed by atoms with Gasteiger partial charge in [-0.1, -0.05) is 42.2 Å². The summed E-state index contributed by atoms with van der Waals surface area (Å²) in [5.74, 6) is -0.381. The van der Waals surface area contributed by atoms with Crippen molar-refractivity contribution < 1.29 is 18.9 Å². The summed E-state index contributed by atoms with van der Waals surface area (Å²) in [6.45, 7) is 5.35. The van der Waals surface area contributed by atoms with Gasteiger partial charge < -0.3 is 20.1 Å². The molecule has 2 rings (SSSR count). The first-order valence-electron chi connectivity index (χ1n) is 9.31. The summed E-state index contributed by atoms with van der Waals surface area (Å²) in [5.41, 5.74) is 0.212. The molecule has 0 fully saturated rings. The number of amides is 3. The topological polar surface area (TPSA) is 105 Å². The van der Waals surface area contributed by atoms with Crippen molar-refractivity contribution in [3.8, 4) is 0 Å². The number of anilines is 1. The van der Waals surface area contributed by atoms with Crippen LogP contribution in [0.5, 0.6) is 0 Å². The largest absolute Gasteiger partial charge is 0.360 e. The minimum atomic E-state index is -0.823. The van der Waals surface area contributed by atoms with Gasteiger partial charge in [0.25, 0.3) is 5.91 Å². The Hall–Kier alpha value is -2.58. The highest BCUT2D eigenvalue weighted by molar-refractivity contribution is 6.36. The number of nitrogens with one attached hydrogen (secondary N) is 2. The number of hydrogen-bond donors (Lipinski definition) is 2. The molecule has 1 unspecified atom stereocenters. The van der Waals surface area contributed by atoms with E-state index in [9.17, 15) is 14.4 Å². The Morgan fingerprint density at radius 2 is 1.90 bits per heavy atom. The third-order valence-corrected chi connectivity index (χ3v) is 4.69. The molecule has 2 aromatic rings. The van der Waals surface area contributed by atoms with E-state index in [1.807, 2.05) is 13.8 Å². The van der Waals surface area contributed by atoms with Crippen LogP contribution >= 0.6 is 23.2 Å². The molecular formula is C20H24Cl2N4O4. The second-order valence-corrected chi connectivity index (χ2v) is 8.19. The maximum absolute atomic E-state index is 12.9. The summed E-state index contributed by atoms with van der Waals surface area (Å²) < 4.78 is 4.89. The summed E-state index contributed by atoms with van der Waals surface area (Å²) in [4.78, 5) is 39.0. The van der Waals surface area contributed by atoms with E-state index in [1.54, 1.807) is 19.1 Å². The molecule has 162 valence electrons. The van der Waals surface area contributed by atoms with Crippen molar-refractivity contribution in [1.29, 1.82) is 0 Å². The van der Waals surface area contributed by atoms with Gasteiger partial charge >= 0.3 is 0 Å². The molecule has 1 atom stereocenters. The maximum Gasteiger partial charge on any atom is 0.253 e. The van der Waals surface area contributed by atoms with E-state index in [4.69, 9.17) is 27.7 Å².